The summed E-state index contributed by atoms with van der Waals surface area (Å²) in [6.07, 6.45) is 2.05. The van der Waals surface area contributed by atoms with Gasteiger partial charge in [0.15, 0.2) is 0 Å². The van der Waals surface area contributed by atoms with Gasteiger partial charge in [-0.05, 0) is 25.0 Å². The number of carbonyl (C=O) groups is 1. The number of nitrogens with one attached hydrogen (secondary N) is 3. The molecule has 0 atom stereocenters. The fourth-order valence-corrected chi connectivity index (χ4v) is 1.59. The number of aromatic nitrogens is 3. The molecule has 0 saturated heterocycles. The van der Waals surface area contributed by atoms with E-state index < -0.39 is 0 Å². The van der Waals surface area contributed by atoms with Gasteiger partial charge in [-0.3, -0.25) is 5.32 Å². The molecule has 2 rings (SSSR count). The summed E-state index contributed by atoms with van der Waals surface area (Å²) in [4.78, 5) is 15.2. The van der Waals surface area contributed by atoms with E-state index in [2.05, 4.69) is 25.8 Å². The quantitative estimate of drug-likeness (QED) is 0.700. The number of aromatic amines is 1. The molecule has 0 aliphatic carbocycles. The molecule has 1 heterocycles. The predicted octanol–water partition coefficient (Wildman–Crippen LogP) is 1.70. The number of ether oxygens (including phenoxy) is 1. The first-order valence-corrected chi connectivity index (χ1v) is 6.34. The minimum Gasteiger partial charge on any atom is -0.493 e. The van der Waals surface area contributed by atoms with Crippen LogP contribution in [0.3, 0.4) is 0 Å². The molecule has 7 heteroatoms. The molecule has 7 nitrogen and oxygen atoms in total. The monoisotopic (exact) mass is 275 g/mol. The Kier molecular flexibility index (Phi) is 4.94. The molecule has 0 fully saturated rings. The molecule has 0 aliphatic rings. The first-order valence-electron chi connectivity index (χ1n) is 6.34. The van der Waals surface area contributed by atoms with Gasteiger partial charge >= 0.3 is 6.03 Å². The number of aryl methyl sites for hydroxylation is 1. The van der Waals surface area contributed by atoms with Crippen LogP contribution in [0.1, 0.15) is 12.0 Å². The van der Waals surface area contributed by atoms with Crippen molar-refractivity contribution in [2.45, 2.75) is 13.3 Å². The number of benzene rings is 1. The van der Waals surface area contributed by atoms with E-state index in [1.165, 1.54) is 6.33 Å². The molecular weight excluding hydrogens is 258 g/mol. The van der Waals surface area contributed by atoms with Crippen molar-refractivity contribution in [3.63, 3.8) is 0 Å². The van der Waals surface area contributed by atoms with Crippen LogP contribution in [-0.4, -0.2) is 34.4 Å². The van der Waals surface area contributed by atoms with Gasteiger partial charge in [0.05, 0.1) is 6.61 Å². The zero-order chi connectivity index (χ0) is 14.2. The molecule has 20 heavy (non-hydrogen) atoms. The summed E-state index contributed by atoms with van der Waals surface area (Å²) < 4.78 is 5.62. The van der Waals surface area contributed by atoms with Crippen LogP contribution in [0.4, 0.5) is 10.7 Å². The van der Waals surface area contributed by atoms with Gasteiger partial charge in [0.1, 0.15) is 12.1 Å². The Morgan fingerprint density at radius 3 is 3.00 bits per heavy atom. The lowest BCUT2D eigenvalue weighted by atomic mass is 10.2. The standard InChI is InChI=1S/C13H17N5O2/c1-10-5-2-3-6-11(10)20-8-4-7-14-13(19)17-12-15-9-16-18-12/h2-3,5-6,9H,4,7-8H2,1H3,(H3,14,15,16,17,18,19). The van der Waals surface area contributed by atoms with E-state index in [1.54, 1.807) is 0 Å². The molecule has 2 amide bonds. The predicted molar refractivity (Wildman–Crippen MR) is 74.7 cm³/mol. The van der Waals surface area contributed by atoms with Crippen molar-refractivity contribution < 1.29 is 9.53 Å². The number of rotatable bonds is 6. The summed E-state index contributed by atoms with van der Waals surface area (Å²) in [6, 6.07) is 7.51. The molecular formula is C13H17N5O2. The zero-order valence-corrected chi connectivity index (χ0v) is 11.2. The van der Waals surface area contributed by atoms with Crippen LogP contribution >= 0.6 is 0 Å². The van der Waals surface area contributed by atoms with Crippen LogP contribution in [0.2, 0.25) is 0 Å². The summed E-state index contributed by atoms with van der Waals surface area (Å²) in [6.45, 7) is 3.07. The first-order chi connectivity index (χ1) is 9.75. The smallest absolute Gasteiger partial charge is 0.321 e. The number of hydrogen-bond acceptors (Lipinski definition) is 4. The second kappa shape index (κ2) is 7.13. The molecule has 0 aliphatic heterocycles. The number of carbonyl (C=O) groups excluding carboxylic acids is 1. The topological polar surface area (TPSA) is 91.9 Å². The highest BCUT2D eigenvalue weighted by atomic mass is 16.5. The van der Waals surface area contributed by atoms with Crippen LogP contribution in [0.15, 0.2) is 30.6 Å². The number of urea groups is 1. The molecule has 1 aromatic heterocycles. The van der Waals surface area contributed by atoms with Crippen molar-refractivity contribution in [1.29, 1.82) is 0 Å². The van der Waals surface area contributed by atoms with Crippen molar-refractivity contribution in [3.05, 3.63) is 36.2 Å². The van der Waals surface area contributed by atoms with Gasteiger partial charge in [-0.2, -0.15) is 10.1 Å². The minimum absolute atomic E-state index is 0.318. The average Bonchev–Trinajstić information content (AvgIpc) is 2.93. The largest absolute Gasteiger partial charge is 0.493 e. The van der Waals surface area contributed by atoms with Crippen molar-refractivity contribution >= 4 is 12.0 Å². The van der Waals surface area contributed by atoms with E-state index in [4.69, 9.17) is 4.74 Å². The zero-order valence-electron chi connectivity index (χ0n) is 11.2. The molecule has 0 saturated carbocycles. The Morgan fingerprint density at radius 2 is 2.25 bits per heavy atom. The number of H-pyrrole nitrogens is 1. The number of anilines is 1. The SMILES string of the molecule is Cc1ccccc1OCCCNC(=O)Nc1ncn[nH]1. The highest BCUT2D eigenvalue weighted by molar-refractivity contribution is 5.87. The molecule has 106 valence electrons. The Morgan fingerprint density at radius 1 is 1.40 bits per heavy atom. The van der Waals surface area contributed by atoms with Crippen LogP contribution in [0.5, 0.6) is 5.75 Å². The van der Waals surface area contributed by atoms with Gasteiger partial charge < -0.3 is 10.1 Å². The molecule has 2 aromatic rings. The summed E-state index contributed by atoms with van der Waals surface area (Å²) in [7, 11) is 0. The van der Waals surface area contributed by atoms with Crippen molar-refractivity contribution in [2.24, 2.45) is 0 Å². The van der Waals surface area contributed by atoms with Gasteiger partial charge in [-0.15, -0.1) is 0 Å². The Labute approximate surface area is 116 Å². The van der Waals surface area contributed by atoms with E-state index in [0.29, 0.717) is 19.1 Å². The molecule has 0 unspecified atom stereocenters. The van der Waals surface area contributed by atoms with Gasteiger partial charge in [-0.25, -0.2) is 9.89 Å². The number of hydrogen-bond donors (Lipinski definition) is 3. The second-order valence-corrected chi connectivity index (χ2v) is 4.18. The normalized spacial score (nSPS) is 10.1. The lowest BCUT2D eigenvalue weighted by molar-refractivity contribution is 0.250. The summed E-state index contributed by atoms with van der Waals surface area (Å²) in [5.41, 5.74) is 1.10. The minimum atomic E-state index is -0.322. The molecule has 1 aromatic carbocycles. The van der Waals surface area contributed by atoms with Gasteiger partial charge in [0, 0.05) is 6.54 Å². The number of nitrogens with zero attached hydrogens (tertiary/aromatic N) is 2. The Balaban J connectivity index is 1.60. The number of para-hydroxylation sites is 1. The summed E-state index contributed by atoms with van der Waals surface area (Å²) >= 11 is 0. The second-order valence-electron chi connectivity index (χ2n) is 4.18. The van der Waals surface area contributed by atoms with Gasteiger partial charge in [0.25, 0.3) is 0 Å². The van der Waals surface area contributed by atoms with E-state index in [1.807, 2.05) is 31.2 Å². The van der Waals surface area contributed by atoms with Gasteiger partial charge in [-0.1, -0.05) is 18.2 Å². The van der Waals surface area contributed by atoms with E-state index in [-0.39, 0.29) is 6.03 Å². The van der Waals surface area contributed by atoms with Crippen molar-refractivity contribution in [1.82, 2.24) is 20.5 Å². The highest BCUT2D eigenvalue weighted by Crippen LogP contribution is 2.15. The molecule has 0 spiro atoms. The average molecular weight is 275 g/mol. The first kappa shape index (κ1) is 13.9. The van der Waals surface area contributed by atoms with E-state index in [0.717, 1.165) is 17.7 Å². The Bertz CT molecular complexity index is 541. The molecule has 0 bridgehead atoms. The molecule has 0 radical (unpaired) electrons. The maximum absolute atomic E-state index is 11.4. The van der Waals surface area contributed by atoms with E-state index >= 15 is 0 Å². The Hall–Kier alpha value is -2.57. The fraction of sp³-hybridized carbons (Fsp3) is 0.308. The third kappa shape index (κ3) is 4.27. The maximum atomic E-state index is 11.4. The maximum Gasteiger partial charge on any atom is 0.321 e. The third-order valence-corrected chi connectivity index (χ3v) is 2.60. The lowest BCUT2D eigenvalue weighted by Crippen LogP contribution is -2.30. The van der Waals surface area contributed by atoms with E-state index in [9.17, 15) is 4.79 Å². The summed E-state index contributed by atoms with van der Waals surface area (Å²) in [5.74, 6) is 1.19. The van der Waals surface area contributed by atoms with Crippen LogP contribution < -0.4 is 15.4 Å². The van der Waals surface area contributed by atoms with Crippen LogP contribution in [-0.2, 0) is 0 Å². The van der Waals surface area contributed by atoms with Crippen molar-refractivity contribution in [2.75, 3.05) is 18.5 Å². The fourth-order valence-electron chi connectivity index (χ4n) is 1.59. The highest BCUT2D eigenvalue weighted by Gasteiger charge is 2.02. The van der Waals surface area contributed by atoms with Crippen LogP contribution in [0.25, 0.3) is 0 Å². The summed E-state index contributed by atoms with van der Waals surface area (Å²) in [5, 5.41) is 11.4. The lowest BCUT2D eigenvalue weighted by Gasteiger charge is -2.09. The number of amides is 2. The third-order valence-electron chi connectivity index (χ3n) is 2.60. The van der Waals surface area contributed by atoms with Gasteiger partial charge in [0.2, 0.25) is 5.95 Å². The van der Waals surface area contributed by atoms with Crippen molar-refractivity contribution in [3.8, 4) is 5.75 Å². The molecule has 3 N–H and O–H groups in total. The van der Waals surface area contributed by atoms with Crippen LogP contribution in [0, 0.1) is 6.92 Å².